The van der Waals surface area contributed by atoms with E-state index in [1.54, 1.807) is 0 Å². The third kappa shape index (κ3) is 3.17. The van der Waals surface area contributed by atoms with Crippen molar-refractivity contribution < 1.29 is 5.11 Å². The number of hydrogen-bond acceptors (Lipinski definition) is 3. The molecule has 0 spiro atoms. The van der Waals surface area contributed by atoms with Crippen LogP contribution in [0.1, 0.15) is 43.9 Å². The van der Waals surface area contributed by atoms with Crippen LogP contribution in [0.3, 0.4) is 0 Å². The first kappa shape index (κ1) is 14.1. The summed E-state index contributed by atoms with van der Waals surface area (Å²) in [6, 6.07) is 4.07. The van der Waals surface area contributed by atoms with Crippen LogP contribution in [0, 0.1) is 17.2 Å². The third-order valence-electron chi connectivity index (χ3n) is 4.38. The molecule has 1 aromatic rings. The zero-order valence-corrected chi connectivity index (χ0v) is 11.8. The van der Waals surface area contributed by atoms with E-state index >= 15 is 0 Å². The van der Waals surface area contributed by atoms with Gasteiger partial charge in [-0.2, -0.15) is 5.26 Å². The molecule has 1 heterocycles. The average molecular weight is 261 g/mol. The Hall–Kier alpha value is -1.31. The highest BCUT2D eigenvalue weighted by Gasteiger charge is 2.32. The fraction of sp³-hybridized carbons (Fsp3) is 0.667. The first-order valence-electron chi connectivity index (χ1n) is 7.00. The summed E-state index contributed by atoms with van der Waals surface area (Å²) in [7, 11) is 1.88. The summed E-state index contributed by atoms with van der Waals surface area (Å²) in [4.78, 5) is 0. The van der Waals surface area contributed by atoms with E-state index < -0.39 is 0 Å². The maximum absolute atomic E-state index is 9.69. The Bertz CT molecular complexity index is 464. The highest BCUT2D eigenvalue weighted by molar-refractivity contribution is 5.28. The van der Waals surface area contributed by atoms with E-state index in [0.717, 1.165) is 24.3 Å². The lowest BCUT2D eigenvalue weighted by atomic mass is 9.77. The van der Waals surface area contributed by atoms with Crippen LogP contribution < -0.4 is 5.32 Å². The Labute approximate surface area is 115 Å². The topological polar surface area (TPSA) is 61.0 Å². The second kappa shape index (κ2) is 5.77. The normalized spacial score (nSPS) is 27.2. The van der Waals surface area contributed by atoms with Gasteiger partial charge in [0.1, 0.15) is 11.8 Å². The molecule has 1 aliphatic carbocycles. The summed E-state index contributed by atoms with van der Waals surface area (Å²) >= 11 is 0. The summed E-state index contributed by atoms with van der Waals surface area (Å²) in [6.07, 6.45) is 6.38. The molecule has 104 valence electrons. The second-order valence-corrected chi connectivity index (χ2v) is 5.93. The number of rotatable bonds is 4. The van der Waals surface area contributed by atoms with Crippen LogP contribution in [0.15, 0.2) is 12.3 Å². The Morgan fingerprint density at radius 1 is 1.53 bits per heavy atom. The first-order valence-corrected chi connectivity index (χ1v) is 7.00. The summed E-state index contributed by atoms with van der Waals surface area (Å²) in [5.74, 6) is 0.767. The van der Waals surface area contributed by atoms with Crippen molar-refractivity contribution in [2.75, 3.05) is 6.61 Å². The second-order valence-electron chi connectivity index (χ2n) is 5.93. The molecule has 2 N–H and O–H groups in total. The van der Waals surface area contributed by atoms with Gasteiger partial charge in [0.2, 0.25) is 0 Å². The maximum atomic E-state index is 9.69. The number of nitrogens with one attached hydrogen (secondary N) is 1. The van der Waals surface area contributed by atoms with Crippen molar-refractivity contribution in [3.63, 3.8) is 0 Å². The zero-order chi connectivity index (χ0) is 13.9. The predicted octanol–water partition coefficient (Wildman–Crippen LogP) is 1.93. The Morgan fingerprint density at radius 2 is 2.21 bits per heavy atom. The SMILES string of the molecule is CC1CCC(CO)(NCc2cc(C#N)n(C)c2)CC1. The van der Waals surface area contributed by atoms with Gasteiger partial charge in [-0.05, 0) is 43.2 Å². The first-order chi connectivity index (χ1) is 9.08. The van der Waals surface area contributed by atoms with E-state index in [1.165, 1.54) is 12.8 Å². The lowest BCUT2D eigenvalue weighted by Crippen LogP contribution is -2.50. The standard InChI is InChI=1S/C15H23N3O/c1-12-3-5-15(11-19,6-4-12)17-9-13-7-14(8-16)18(2)10-13/h7,10,12,17,19H,3-6,9,11H2,1-2H3. The number of aliphatic hydroxyl groups excluding tert-OH is 1. The molecule has 19 heavy (non-hydrogen) atoms. The number of aryl methyl sites for hydroxylation is 1. The molecular formula is C15H23N3O. The molecule has 0 saturated heterocycles. The number of aliphatic hydroxyl groups is 1. The van der Waals surface area contributed by atoms with Gasteiger partial charge in [0.15, 0.2) is 0 Å². The molecule has 0 aliphatic heterocycles. The molecule has 0 aromatic carbocycles. The summed E-state index contributed by atoms with van der Waals surface area (Å²) in [6.45, 7) is 3.18. The fourth-order valence-corrected chi connectivity index (χ4v) is 2.84. The highest BCUT2D eigenvalue weighted by Crippen LogP contribution is 2.31. The van der Waals surface area contributed by atoms with Crippen LogP contribution in [-0.4, -0.2) is 21.8 Å². The van der Waals surface area contributed by atoms with Crippen molar-refractivity contribution in [1.29, 1.82) is 5.26 Å². The van der Waals surface area contributed by atoms with Gasteiger partial charge in [-0.3, -0.25) is 0 Å². The lowest BCUT2D eigenvalue weighted by molar-refractivity contribution is 0.104. The van der Waals surface area contributed by atoms with Crippen LogP contribution in [0.4, 0.5) is 0 Å². The number of nitriles is 1. The number of nitrogens with zero attached hydrogens (tertiary/aromatic N) is 2. The van der Waals surface area contributed by atoms with E-state index in [1.807, 2.05) is 23.9 Å². The number of hydrogen-bond donors (Lipinski definition) is 2. The van der Waals surface area contributed by atoms with Crippen LogP contribution in [0.2, 0.25) is 0 Å². The van der Waals surface area contributed by atoms with Crippen molar-refractivity contribution in [3.8, 4) is 6.07 Å². The monoisotopic (exact) mass is 261 g/mol. The predicted molar refractivity (Wildman–Crippen MR) is 74.4 cm³/mol. The molecule has 0 radical (unpaired) electrons. The minimum Gasteiger partial charge on any atom is -0.394 e. The van der Waals surface area contributed by atoms with E-state index in [-0.39, 0.29) is 12.1 Å². The Balaban J connectivity index is 1.98. The van der Waals surface area contributed by atoms with Gasteiger partial charge in [0.25, 0.3) is 0 Å². The molecule has 4 nitrogen and oxygen atoms in total. The third-order valence-corrected chi connectivity index (χ3v) is 4.38. The number of aromatic nitrogens is 1. The fourth-order valence-electron chi connectivity index (χ4n) is 2.84. The largest absolute Gasteiger partial charge is 0.394 e. The van der Waals surface area contributed by atoms with E-state index in [0.29, 0.717) is 12.2 Å². The summed E-state index contributed by atoms with van der Waals surface area (Å²) in [5.41, 5.74) is 1.65. The van der Waals surface area contributed by atoms with Gasteiger partial charge in [0, 0.05) is 25.3 Å². The highest BCUT2D eigenvalue weighted by atomic mass is 16.3. The van der Waals surface area contributed by atoms with Gasteiger partial charge in [-0.15, -0.1) is 0 Å². The molecule has 0 amide bonds. The van der Waals surface area contributed by atoms with Gasteiger partial charge in [-0.25, -0.2) is 0 Å². The molecule has 1 aromatic heterocycles. The minimum atomic E-state index is -0.130. The molecule has 0 bridgehead atoms. The molecular weight excluding hydrogens is 238 g/mol. The molecule has 1 aliphatic rings. The summed E-state index contributed by atoms with van der Waals surface area (Å²) in [5, 5.41) is 22.1. The van der Waals surface area contributed by atoms with Crippen LogP contribution in [-0.2, 0) is 13.6 Å². The van der Waals surface area contributed by atoms with Crippen molar-refractivity contribution in [2.24, 2.45) is 13.0 Å². The molecule has 1 fully saturated rings. The lowest BCUT2D eigenvalue weighted by Gasteiger charge is -2.39. The van der Waals surface area contributed by atoms with Gasteiger partial charge >= 0.3 is 0 Å². The molecule has 0 unspecified atom stereocenters. The minimum absolute atomic E-state index is 0.130. The van der Waals surface area contributed by atoms with Gasteiger partial charge in [0.05, 0.1) is 6.61 Å². The van der Waals surface area contributed by atoms with E-state index in [4.69, 9.17) is 5.26 Å². The van der Waals surface area contributed by atoms with Gasteiger partial charge in [-0.1, -0.05) is 6.92 Å². The smallest absolute Gasteiger partial charge is 0.120 e. The Kier molecular flexibility index (Phi) is 4.28. The molecule has 1 saturated carbocycles. The van der Waals surface area contributed by atoms with Crippen molar-refractivity contribution in [2.45, 2.75) is 44.7 Å². The zero-order valence-electron chi connectivity index (χ0n) is 11.8. The average Bonchev–Trinajstić information content (AvgIpc) is 2.79. The molecule has 2 rings (SSSR count). The quantitative estimate of drug-likeness (QED) is 0.870. The van der Waals surface area contributed by atoms with Crippen molar-refractivity contribution in [1.82, 2.24) is 9.88 Å². The van der Waals surface area contributed by atoms with E-state index in [9.17, 15) is 5.11 Å². The summed E-state index contributed by atoms with van der Waals surface area (Å²) < 4.78 is 1.84. The van der Waals surface area contributed by atoms with E-state index in [2.05, 4.69) is 18.3 Å². The molecule has 4 heteroatoms. The van der Waals surface area contributed by atoms with Crippen molar-refractivity contribution >= 4 is 0 Å². The van der Waals surface area contributed by atoms with Gasteiger partial charge < -0.3 is 15.0 Å². The Morgan fingerprint density at radius 3 is 2.74 bits per heavy atom. The maximum Gasteiger partial charge on any atom is 0.120 e. The van der Waals surface area contributed by atoms with Crippen LogP contribution in [0.25, 0.3) is 0 Å². The van der Waals surface area contributed by atoms with Crippen LogP contribution in [0.5, 0.6) is 0 Å². The molecule has 0 atom stereocenters. The van der Waals surface area contributed by atoms with Crippen LogP contribution >= 0.6 is 0 Å². The van der Waals surface area contributed by atoms with Crippen molar-refractivity contribution in [3.05, 3.63) is 23.5 Å².